The summed E-state index contributed by atoms with van der Waals surface area (Å²) in [7, 11) is 1.72. The fourth-order valence-corrected chi connectivity index (χ4v) is 11.4. The SMILES string of the molecule is CC(C)(C)c1cc(Cl)ccc1Br.CC(C)(C)c1ccc(F)c(Cl)c1.CC(C)(C)c1cccc(C#N)c1.CC(C)(C)c1cccc(Cl)c1.CC(C)(C)c1cccc(F)c1.CC(C)(C)c1cccc(S(C)(=O)=O)c1.COc1cc(C(C)(C)C)ccc1F.COc1cccc(C(C)(C)C)c1.COc1cccc(C(C)(C)C)n1. The van der Waals surface area contributed by atoms with Crippen LogP contribution in [-0.4, -0.2) is 41.0 Å². The van der Waals surface area contributed by atoms with Gasteiger partial charge in [-0.15, -0.1) is 0 Å². The summed E-state index contributed by atoms with van der Waals surface area (Å²) in [4.78, 5) is 4.73. The quantitative estimate of drug-likeness (QED) is 0.173. The highest BCUT2D eigenvalue weighted by atomic mass is 79.9. The van der Waals surface area contributed by atoms with Crippen LogP contribution >= 0.6 is 50.7 Å². The highest BCUT2D eigenvalue weighted by molar-refractivity contribution is 9.10. The van der Waals surface area contributed by atoms with Gasteiger partial charge in [0.15, 0.2) is 21.4 Å². The van der Waals surface area contributed by atoms with Crippen LogP contribution < -0.4 is 14.2 Å². The highest BCUT2D eigenvalue weighted by Crippen LogP contribution is 2.34. The zero-order valence-electron chi connectivity index (χ0n) is 71.0. The number of hydrogen-bond acceptors (Lipinski definition) is 7. The summed E-state index contributed by atoms with van der Waals surface area (Å²) >= 11 is 20.9. The molecule has 0 bridgehead atoms. The first-order valence-electron chi connectivity index (χ1n) is 36.3. The third kappa shape index (κ3) is 38.6. The van der Waals surface area contributed by atoms with E-state index in [0.29, 0.717) is 16.5 Å². The smallest absolute Gasteiger partial charge is 0.213 e. The zero-order chi connectivity index (χ0) is 84.3. The second kappa shape index (κ2) is 43.1. The molecule has 0 unspecified atom stereocenters. The highest BCUT2D eigenvalue weighted by Gasteiger charge is 2.22. The van der Waals surface area contributed by atoms with E-state index in [-0.39, 0.29) is 71.2 Å². The third-order valence-electron chi connectivity index (χ3n) is 16.5. The molecule has 9 rings (SSSR count). The van der Waals surface area contributed by atoms with Crippen LogP contribution in [-0.2, 0) is 58.6 Å². The first-order valence-corrected chi connectivity index (χ1v) is 40.2. The molecule has 0 spiro atoms. The summed E-state index contributed by atoms with van der Waals surface area (Å²) in [5, 5.41) is 10.5. The van der Waals surface area contributed by atoms with Crippen molar-refractivity contribution in [2.24, 2.45) is 0 Å². The molecule has 0 aliphatic heterocycles. The summed E-state index contributed by atoms with van der Waals surface area (Å²) in [5.41, 5.74) is 11.9. The molecular formula is C94H125BrCl3F3N2O5S. The number of hydrogen-bond donors (Lipinski definition) is 0. The number of nitrogens with zero attached hydrogens (tertiary/aromatic N) is 2. The lowest BCUT2D eigenvalue weighted by molar-refractivity contribution is 0.384. The minimum Gasteiger partial charge on any atom is -0.497 e. The maximum absolute atomic E-state index is 13.0. The van der Waals surface area contributed by atoms with Crippen molar-refractivity contribution in [2.45, 2.75) is 241 Å². The van der Waals surface area contributed by atoms with E-state index in [1.807, 2.05) is 97.1 Å². The van der Waals surface area contributed by atoms with Crippen molar-refractivity contribution in [3.05, 3.63) is 287 Å². The van der Waals surface area contributed by atoms with Crippen LogP contribution in [0.25, 0.3) is 0 Å². The number of aromatic nitrogens is 1. The Morgan fingerprint density at radius 3 is 1.18 bits per heavy atom. The van der Waals surface area contributed by atoms with Crippen LogP contribution in [0.4, 0.5) is 13.2 Å². The molecule has 15 heteroatoms. The van der Waals surface area contributed by atoms with Crippen molar-refractivity contribution in [1.29, 1.82) is 5.26 Å². The number of methoxy groups -OCH3 is 3. The second-order valence-electron chi connectivity index (χ2n) is 35.7. The largest absolute Gasteiger partial charge is 0.497 e. The minimum absolute atomic E-state index is 0.0132. The molecule has 7 nitrogen and oxygen atoms in total. The molecule has 8 aromatic carbocycles. The van der Waals surface area contributed by atoms with Crippen molar-refractivity contribution in [3.63, 3.8) is 0 Å². The molecule has 0 aliphatic carbocycles. The molecule has 0 fully saturated rings. The third-order valence-corrected chi connectivity index (χ3v) is 19.1. The van der Waals surface area contributed by atoms with Crippen LogP contribution in [0.5, 0.6) is 17.4 Å². The Balaban J connectivity index is 0.000000614. The van der Waals surface area contributed by atoms with E-state index < -0.39 is 9.84 Å². The topological polar surface area (TPSA) is 98.5 Å². The molecule has 0 atom stereocenters. The van der Waals surface area contributed by atoms with Crippen LogP contribution in [0.15, 0.2) is 203 Å². The summed E-state index contributed by atoms with van der Waals surface area (Å²) < 4.78 is 77.3. The lowest BCUT2D eigenvalue weighted by atomic mass is 9.86. The average Bonchev–Trinajstić information content (AvgIpc) is 0.830. The van der Waals surface area contributed by atoms with Gasteiger partial charge in [0.1, 0.15) is 17.4 Å². The van der Waals surface area contributed by atoms with Gasteiger partial charge in [-0.1, -0.05) is 317 Å². The van der Waals surface area contributed by atoms with E-state index in [0.717, 1.165) is 53.8 Å². The van der Waals surface area contributed by atoms with E-state index in [4.69, 9.17) is 54.3 Å². The normalized spacial score (nSPS) is 11.6. The van der Waals surface area contributed by atoms with Gasteiger partial charge in [0.25, 0.3) is 0 Å². The Morgan fingerprint density at radius 2 is 0.789 bits per heavy atom. The predicted octanol–water partition coefficient (Wildman–Crippen LogP) is 28.7. The number of sulfone groups is 1. The van der Waals surface area contributed by atoms with Gasteiger partial charge in [0.05, 0.1) is 42.9 Å². The van der Waals surface area contributed by atoms with Crippen molar-refractivity contribution in [3.8, 4) is 23.4 Å². The molecule has 0 saturated heterocycles. The van der Waals surface area contributed by atoms with Gasteiger partial charge in [-0.2, -0.15) is 5.26 Å². The van der Waals surface area contributed by atoms with E-state index >= 15 is 0 Å². The molecule has 596 valence electrons. The number of ether oxygens (including phenoxy) is 3. The molecule has 9 aromatic rings. The van der Waals surface area contributed by atoms with Crippen LogP contribution in [0.3, 0.4) is 0 Å². The monoisotopic (exact) mass is 1630 g/mol. The van der Waals surface area contributed by atoms with Gasteiger partial charge in [0, 0.05) is 37.9 Å². The van der Waals surface area contributed by atoms with Crippen molar-refractivity contribution in [1.82, 2.24) is 4.98 Å². The van der Waals surface area contributed by atoms with Gasteiger partial charge < -0.3 is 14.2 Å². The number of halogens is 7. The van der Waals surface area contributed by atoms with E-state index in [1.54, 1.807) is 68.8 Å². The van der Waals surface area contributed by atoms with Gasteiger partial charge in [-0.25, -0.2) is 26.6 Å². The van der Waals surface area contributed by atoms with Crippen molar-refractivity contribution < 1.29 is 35.8 Å². The zero-order valence-corrected chi connectivity index (χ0v) is 75.6. The van der Waals surface area contributed by atoms with E-state index in [1.165, 1.54) is 53.8 Å². The van der Waals surface area contributed by atoms with Gasteiger partial charge in [-0.3, -0.25) is 0 Å². The van der Waals surface area contributed by atoms with E-state index in [2.05, 4.69) is 238 Å². The van der Waals surface area contributed by atoms with Crippen molar-refractivity contribution in [2.75, 3.05) is 27.6 Å². The predicted molar refractivity (Wildman–Crippen MR) is 464 cm³/mol. The van der Waals surface area contributed by atoms with Crippen molar-refractivity contribution >= 4 is 60.6 Å². The molecule has 0 N–H and O–H groups in total. The lowest BCUT2D eigenvalue weighted by Gasteiger charge is -2.20. The summed E-state index contributed by atoms with van der Waals surface area (Å²) in [5.74, 6) is 1.11. The lowest BCUT2D eigenvalue weighted by Crippen LogP contribution is -2.13. The Morgan fingerprint density at radius 1 is 0.385 bits per heavy atom. The summed E-state index contributed by atoms with van der Waals surface area (Å²) in [6.07, 6.45) is 1.23. The molecule has 109 heavy (non-hydrogen) atoms. The number of nitriles is 1. The Bertz CT molecular complexity index is 4320. The molecule has 1 aromatic heterocycles. The maximum atomic E-state index is 13.0. The number of rotatable bonds is 4. The Hall–Kier alpha value is -7.11. The second-order valence-corrected chi connectivity index (χ2v) is 39.8. The molecule has 0 radical (unpaired) electrons. The number of pyridine rings is 1. The Kier molecular flexibility index (Phi) is 39.5. The molecule has 0 saturated carbocycles. The molecule has 0 aliphatic rings. The number of benzene rings is 8. The Labute approximate surface area is 680 Å². The first-order chi connectivity index (χ1) is 49.6. The van der Waals surface area contributed by atoms with Crippen LogP contribution in [0.2, 0.25) is 15.1 Å². The fraction of sp³-hybridized carbons (Fsp3) is 0.426. The average molecular weight is 1640 g/mol. The van der Waals surface area contributed by atoms with Gasteiger partial charge in [0.2, 0.25) is 5.88 Å². The van der Waals surface area contributed by atoms with Crippen LogP contribution in [0, 0.1) is 28.8 Å². The summed E-state index contributed by atoms with van der Waals surface area (Å²) in [6, 6.07) is 61.5. The standard InChI is InChI=1S/C11H15FO.C11H13N.C11H16O2S.C11H16O.C10H12BrCl.C10H12ClF.C10H13Cl.C10H13F.C10H15NO/c1-11(2,3)8-5-6-9(12)10(7-8)13-4;1-11(2,3)10-6-4-5-9(7-10)8-12;1-11(2,3)9-6-5-7-10(8-9)14(4,12)13;1-11(2,3)9-6-5-7-10(8-9)12-4;1-10(2,3)8-6-7(12)4-5-9(8)11;1-10(2,3)7-4-5-9(12)8(11)6-7;2*1-10(2,3)8-5-4-6-9(11)7-8;1-10(2,3)8-6-5-7-9(11-8)12-4/h5-7H,1-4H3;4-7H,1-3H3;5-8H,1-4H3;5-8H,1-4H3;2*4-6H,1-3H3;2*4-7H,1-3H3;5-7H,1-4H3. The first kappa shape index (κ1) is 99.9. The molecule has 0 amide bonds. The van der Waals surface area contributed by atoms with E-state index in [9.17, 15) is 21.6 Å². The maximum Gasteiger partial charge on any atom is 0.213 e. The minimum atomic E-state index is -3.09. The molecular weight excluding hydrogens is 1510 g/mol. The van der Waals surface area contributed by atoms with Gasteiger partial charge >= 0.3 is 0 Å². The molecule has 1 heterocycles. The van der Waals surface area contributed by atoms with Gasteiger partial charge in [-0.05, 0) is 197 Å². The van der Waals surface area contributed by atoms with Crippen LogP contribution in [0.1, 0.15) is 243 Å². The fourth-order valence-electron chi connectivity index (χ4n) is 9.36. The summed E-state index contributed by atoms with van der Waals surface area (Å²) in [6.45, 7) is 57.3.